The van der Waals surface area contributed by atoms with Crippen molar-refractivity contribution in [3.63, 3.8) is 0 Å². The van der Waals surface area contributed by atoms with Gasteiger partial charge in [-0.1, -0.05) is 12.1 Å². The van der Waals surface area contributed by atoms with Gasteiger partial charge in [0.2, 0.25) is 0 Å². The number of methoxy groups -OCH3 is 1. The molecule has 2 nitrogen and oxygen atoms in total. The lowest BCUT2D eigenvalue weighted by atomic mass is 10.2. The summed E-state index contributed by atoms with van der Waals surface area (Å²) in [6, 6.07) is 12.1. The third-order valence-electron chi connectivity index (χ3n) is 2.22. The Kier molecular flexibility index (Phi) is 4.45. The predicted molar refractivity (Wildman–Crippen MR) is 74.5 cm³/mol. The van der Waals surface area contributed by atoms with E-state index in [1.165, 1.54) is 5.56 Å². The first-order valence-corrected chi connectivity index (χ1v) is 6.93. The molecule has 0 fully saturated rings. The summed E-state index contributed by atoms with van der Waals surface area (Å²) >= 11 is 5.09. The second kappa shape index (κ2) is 6.07. The Morgan fingerprint density at radius 1 is 1.29 bits per heavy atom. The molecule has 0 radical (unpaired) electrons. The number of hydrogen-bond donors (Lipinski definition) is 0. The number of aromatic nitrogens is 1. The molecule has 4 heteroatoms. The van der Waals surface area contributed by atoms with Crippen LogP contribution in [0.25, 0.3) is 0 Å². The van der Waals surface area contributed by atoms with E-state index >= 15 is 0 Å². The van der Waals surface area contributed by atoms with Crippen LogP contribution in [0.1, 0.15) is 5.56 Å². The number of nitrogens with zero attached hydrogens (tertiary/aromatic N) is 1. The quantitative estimate of drug-likeness (QED) is 0.792. The molecule has 1 aromatic heterocycles. The number of pyridine rings is 1. The molecule has 0 saturated heterocycles. The van der Waals surface area contributed by atoms with Crippen molar-refractivity contribution in [1.82, 2.24) is 4.98 Å². The summed E-state index contributed by atoms with van der Waals surface area (Å²) in [5.41, 5.74) is 1.24. The summed E-state index contributed by atoms with van der Waals surface area (Å²) < 4.78 is 6.19. The predicted octanol–water partition coefficient (Wildman–Crippen LogP) is 4.15. The Hall–Kier alpha value is -1.00. The Balaban J connectivity index is 1.99. The van der Waals surface area contributed by atoms with Crippen molar-refractivity contribution >= 4 is 27.7 Å². The maximum Gasteiger partial charge on any atom is 0.119 e. The van der Waals surface area contributed by atoms with Crippen molar-refractivity contribution in [3.8, 4) is 5.75 Å². The van der Waals surface area contributed by atoms with E-state index in [0.717, 1.165) is 21.0 Å². The monoisotopic (exact) mass is 309 g/mol. The number of benzene rings is 1. The Bertz CT molecular complexity index is 487. The van der Waals surface area contributed by atoms with Gasteiger partial charge in [0.15, 0.2) is 0 Å². The first-order valence-electron chi connectivity index (χ1n) is 5.15. The molecule has 0 unspecified atom stereocenters. The molecule has 0 saturated carbocycles. The van der Waals surface area contributed by atoms with E-state index in [1.54, 1.807) is 18.9 Å². The Morgan fingerprint density at radius 3 is 2.88 bits per heavy atom. The second-order valence-electron chi connectivity index (χ2n) is 3.45. The van der Waals surface area contributed by atoms with Crippen LogP contribution < -0.4 is 4.74 Å². The zero-order valence-corrected chi connectivity index (χ0v) is 11.8. The summed E-state index contributed by atoms with van der Waals surface area (Å²) in [4.78, 5) is 4.32. The summed E-state index contributed by atoms with van der Waals surface area (Å²) in [5, 5.41) is 1.02. The van der Waals surface area contributed by atoms with E-state index in [9.17, 15) is 0 Å². The van der Waals surface area contributed by atoms with Crippen LogP contribution in [0, 0.1) is 0 Å². The van der Waals surface area contributed by atoms with E-state index in [1.807, 2.05) is 36.5 Å². The molecule has 88 valence electrons. The second-order valence-corrected chi connectivity index (χ2v) is 5.37. The molecular weight excluding hydrogens is 298 g/mol. The number of halogens is 1. The third-order valence-corrected chi connectivity index (χ3v) is 3.71. The fourth-order valence-corrected chi connectivity index (χ4v) is 2.39. The SMILES string of the molecule is COc1cccc(CSc2ccc(Br)cn2)c1. The molecule has 0 N–H and O–H groups in total. The maximum absolute atomic E-state index is 5.19. The average molecular weight is 310 g/mol. The molecule has 1 aromatic carbocycles. The third kappa shape index (κ3) is 3.75. The fourth-order valence-electron chi connectivity index (χ4n) is 1.37. The molecule has 2 rings (SSSR count). The highest BCUT2D eigenvalue weighted by Crippen LogP contribution is 2.23. The topological polar surface area (TPSA) is 22.1 Å². The van der Waals surface area contributed by atoms with Crippen LogP contribution in [0.5, 0.6) is 5.75 Å². The zero-order valence-electron chi connectivity index (χ0n) is 9.39. The summed E-state index contributed by atoms with van der Waals surface area (Å²) in [7, 11) is 1.68. The van der Waals surface area contributed by atoms with Crippen molar-refractivity contribution in [2.75, 3.05) is 7.11 Å². The lowest BCUT2D eigenvalue weighted by molar-refractivity contribution is 0.414. The van der Waals surface area contributed by atoms with Crippen molar-refractivity contribution in [2.45, 2.75) is 10.8 Å². The van der Waals surface area contributed by atoms with Crippen LogP contribution in [0.3, 0.4) is 0 Å². The largest absolute Gasteiger partial charge is 0.497 e. The minimum atomic E-state index is 0.895. The maximum atomic E-state index is 5.19. The molecule has 1 heterocycles. The van der Waals surface area contributed by atoms with Crippen molar-refractivity contribution in [1.29, 1.82) is 0 Å². The van der Waals surface area contributed by atoms with Crippen molar-refractivity contribution < 1.29 is 4.74 Å². The molecule has 0 spiro atoms. The molecular formula is C13H12BrNOS. The Morgan fingerprint density at radius 2 is 2.18 bits per heavy atom. The summed E-state index contributed by atoms with van der Waals surface area (Å²) in [6.07, 6.45) is 1.81. The minimum absolute atomic E-state index is 0.895. The van der Waals surface area contributed by atoms with Gasteiger partial charge in [0.1, 0.15) is 5.75 Å². The van der Waals surface area contributed by atoms with Gasteiger partial charge in [0.05, 0.1) is 12.1 Å². The van der Waals surface area contributed by atoms with Crippen molar-refractivity contribution in [2.24, 2.45) is 0 Å². The van der Waals surface area contributed by atoms with E-state index in [4.69, 9.17) is 4.74 Å². The standard InChI is InChI=1S/C13H12BrNOS/c1-16-12-4-2-3-10(7-12)9-17-13-6-5-11(14)8-15-13/h2-8H,9H2,1H3. The normalized spacial score (nSPS) is 10.2. The first kappa shape index (κ1) is 12.5. The molecule has 0 aliphatic carbocycles. The molecule has 0 amide bonds. The van der Waals surface area contributed by atoms with E-state index in [0.29, 0.717) is 0 Å². The fraction of sp³-hybridized carbons (Fsp3) is 0.154. The lowest BCUT2D eigenvalue weighted by Gasteiger charge is -2.04. The van der Waals surface area contributed by atoms with Gasteiger partial charge in [0, 0.05) is 16.4 Å². The van der Waals surface area contributed by atoms with Crippen LogP contribution in [0.4, 0.5) is 0 Å². The van der Waals surface area contributed by atoms with Gasteiger partial charge in [-0.15, -0.1) is 11.8 Å². The van der Waals surface area contributed by atoms with E-state index < -0.39 is 0 Å². The van der Waals surface area contributed by atoms with Gasteiger partial charge in [-0.2, -0.15) is 0 Å². The van der Waals surface area contributed by atoms with Gasteiger partial charge >= 0.3 is 0 Å². The molecule has 0 bridgehead atoms. The van der Waals surface area contributed by atoms with Crippen LogP contribution in [0.15, 0.2) is 52.1 Å². The van der Waals surface area contributed by atoms with Gasteiger partial charge in [0.25, 0.3) is 0 Å². The minimum Gasteiger partial charge on any atom is -0.497 e. The van der Waals surface area contributed by atoms with Crippen LogP contribution >= 0.6 is 27.7 Å². The lowest BCUT2D eigenvalue weighted by Crippen LogP contribution is -1.86. The number of hydrogen-bond acceptors (Lipinski definition) is 3. The van der Waals surface area contributed by atoms with Crippen LogP contribution in [-0.4, -0.2) is 12.1 Å². The highest BCUT2D eigenvalue weighted by Gasteiger charge is 1.99. The number of rotatable bonds is 4. The first-order chi connectivity index (χ1) is 8.28. The summed E-state index contributed by atoms with van der Waals surface area (Å²) in [5.74, 6) is 1.79. The van der Waals surface area contributed by atoms with Crippen molar-refractivity contribution in [3.05, 3.63) is 52.6 Å². The van der Waals surface area contributed by atoms with Gasteiger partial charge in [-0.05, 0) is 45.8 Å². The molecule has 0 aliphatic rings. The smallest absolute Gasteiger partial charge is 0.119 e. The van der Waals surface area contributed by atoms with Crippen LogP contribution in [0.2, 0.25) is 0 Å². The average Bonchev–Trinajstić information content (AvgIpc) is 2.38. The zero-order chi connectivity index (χ0) is 12.1. The number of ether oxygens (including phenoxy) is 1. The summed E-state index contributed by atoms with van der Waals surface area (Å²) in [6.45, 7) is 0. The number of thioether (sulfide) groups is 1. The Labute approximate surface area is 114 Å². The molecule has 0 aliphatic heterocycles. The van der Waals surface area contributed by atoms with Gasteiger partial charge < -0.3 is 4.74 Å². The van der Waals surface area contributed by atoms with Crippen LogP contribution in [-0.2, 0) is 5.75 Å². The van der Waals surface area contributed by atoms with Gasteiger partial charge in [-0.25, -0.2) is 4.98 Å². The van der Waals surface area contributed by atoms with Gasteiger partial charge in [-0.3, -0.25) is 0 Å². The molecule has 2 aromatic rings. The highest BCUT2D eigenvalue weighted by atomic mass is 79.9. The molecule has 17 heavy (non-hydrogen) atoms. The van der Waals surface area contributed by atoms with E-state index in [2.05, 4.69) is 27.0 Å². The highest BCUT2D eigenvalue weighted by molar-refractivity contribution is 9.10. The van der Waals surface area contributed by atoms with E-state index in [-0.39, 0.29) is 0 Å². The molecule has 0 atom stereocenters.